The van der Waals surface area contributed by atoms with Crippen LogP contribution in [0.3, 0.4) is 0 Å². The fraction of sp³-hybridized carbons (Fsp3) is 0.444. The van der Waals surface area contributed by atoms with Crippen molar-refractivity contribution < 1.29 is 22.8 Å². The van der Waals surface area contributed by atoms with Crippen LogP contribution in [0.15, 0.2) is 24.3 Å². The third-order valence-electron chi connectivity index (χ3n) is 4.87. The highest BCUT2D eigenvalue weighted by Crippen LogP contribution is 2.22. The van der Waals surface area contributed by atoms with Crippen molar-refractivity contribution in [3.05, 3.63) is 36.2 Å². The molecular weight excluding hydrogens is 370 g/mol. The molecule has 2 unspecified atom stereocenters. The summed E-state index contributed by atoms with van der Waals surface area (Å²) in [5.41, 5.74) is 6.29. The second kappa shape index (κ2) is 7.67. The first-order valence-corrected chi connectivity index (χ1v) is 10.6. The van der Waals surface area contributed by atoms with E-state index in [1.807, 2.05) is 0 Å². The molecular formula is C18H22N3O5S. The van der Waals surface area contributed by atoms with Crippen LogP contribution < -0.4 is 16.0 Å². The Balaban J connectivity index is 1.64. The first-order valence-electron chi connectivity index (χ1n) is 8.85. The van der Waals surface area contributed by atoms with Crippen molar-refractivity contribution in [1.29, 1.82) is 0 Å². The van der Waals surface area contributed by atoms with Crippen molar-refractivity contribution in [3.63, 3.8) is 0 Å². The van der Waals surface area contributed by atoms with E-state index in [1.54, 1.807) is 29.2 Å². The molecule has 1 aromatic rings. The van der Waals surface area contributed by atoms with E-state index in [0.29, 0.717) is 18.5 Å². The highest BCUT2D eigenvalue weighted by Gasteiger charge is 2.38. The molecule has 3 rings (SSSR count). The van der Waals surface area contributed by atoms with Gasteiger partial charge in [-0.1, -0.05) is 0 Å². The fourth-order valence-corrected chi connectivity index (χ4v) is 4.98. The Labute approximate surface area is 158 Å². The van der Waals surface area contributed by atoms with Crippen LogP contribution >= 0.6 is 0 Å². The normalized spacial score (nSPS) is 25.0. The number of hydrogen-bond acceptors (Lipinski definition) is 5. The average molecular weight is 392 g/mol. The van der Waals surface area contributed by atoms with E-state index in [1.165, 1.54) is 6.42 Å². The van der Waals surface area contributed by atoms with E-state index in [4.69, 9.17) is 5.73 Å². The van der Waals surface area contributed by atoms with Gasteiger partial charge >= 0.3 is 0 Å². The molecule has 1 radical (unpaired) electrons. The van der Waals surface area contributed by atoms with Crippen LogP contribution in [-0.4, -0.2) is 49.7 Å². The first-order chi connectivity index (χ1) is 12.8. The standard InChI is InChI=1S/C18H22N3O5S/c19-17(23)15-11-13(8-10-27(15,25)26)20-18(24)12-4-6-14(7-5-12)21-9-2-1-3-16(21)22/h4-7,11,13,15H,1-3,8-10H2,(H2,19,23)(H,20,24). The minimum absolute atomic E-state index is 0.0777. The number of rotatable bonds is 4. The lowest BCUT2D eigenvalue weighted by Gasteiger charge is -2.28. The van der Waals surface area contributed by atoms with E-state index < -0.39 is 27.0 Å². The largest absolute Gasteiger partial charge is 0.369 e. The lowest BCUT2D eigenvalue weighted by atomic mass is 10.1. The summed E-state index contributed by atoms with van der Waals surface area (Å²) in [7, 11) is -3.60. The molecule has 1 aromatic carbocycles. The van der Waals surface area contributed by atoms with Gasteiger partial charge in [-0.25, -0.2) is 8.42 Å². The number of benzene rings is 1. The molecule has 2 fully saturated rings. The predicted octanol–water partition coefficient (Wildman–Crippen LogP) is 0.179. The molecule has 0 bridgehead atoms. The predicted molar refractivity (Wildman–Crippen MR) is 99.6 cm³/mol. The van der Waals surface area contributed by atoms with Gasteiger partial charge in [0.25, 0.3) is 5.91 Å². The van der Waals surface area contributed by atoms with Gasteiger partial charge in [-0.3, -0.25) is 14.4 Å². The lowest BCUT2D eigenvalue weighted by molar-refractivity contribution is -0.119. The average Bonchev–Trinajstić information content (AvgIpc) is 2.63. The zero-order valence-corrected chi connectivity index (χ0v) is 15.6. The number of primary amides is 1. The number of hydrogen-bond donors (Lipinski definition) is 2. The van der Waals surface area contributed by atoms with Gasteiger partial charge in [0.05, 0.1) is 5.75 Å². The molecule has 2 aliphatic rings. The zero-order valence-electron chi connectivity index (χ0n) is 14.8. The van der Waals surface area contributed by atoms with Gasteiger partial charge in [0.1, 0.15) is 5.25 Å². The molecule has 3 amide bonds. The maximum Gasteiger partial charge on any atom is 0.251 e. The molecule has 27 heavy (non-hydrogen) atoms. The minimum atomic E-state index is -3.60. The summed E-state index contributed by atoms with van der Waals surface area (Å²) in [6, 6.07) is 6.13. The fourth-order valence-electron chi connectivity index (χ4n) is 3.36. The van der Waals surface area contributed by atoms with Crippen LogP contribution in [0, 0.1) is 6.42 Å². The first kappa shape index (κ1) is 19.3. The summed E-state index contributed by atoms with van der Waals surface area (Å²) in [6.45, 7) is 0.671. The van der Waals surface area contributed by atoms with Crippen LogP contribution in [0.2, 0.25) is 0 Å². The van der Waals surface area contributed by atoms with Crippen molar-refractivity contribution in [1.82, 2.24) is 5.32 Å². The number of carbonyl (C=O) groups excluding carboxylic acids is 3. The summed E-state index contributed by atoms with van der Waals surface area (Å²) in [6.07, 6.45) is 3.85. The summed E-state index contributed by atoms with van der Waals surface area (Å²) >= 11 is 0. The Bertz CT molecular complexity index is 850. The van der Waals surface area contributed by atoms with Gasteiger partial charge < -0.3 is 16.0 Å². The molecule has 0 aromatic heterocycles. The molecule has 8 nitrogen and oxygen atoms in total. The van der Waals surface area contributed by atoms with Crippen LogP contribution in [0.1, 0.15) is 36.0 Å². The van der Waals surface area contributed by atoms with Crippen molar-refractivity contribution in [3.8, 4) is 0 Å². The van der Waals surface area contributed by atoms with Gasteiger partial charge in [0.2, 0.25) is 11.8 Å². The molecule has 2 saturated heterocycles. The Hall–Kier alpha value is -2.42. The number of carbonyl (C=O) groups is 3. The summed E-state index contributed by atoms with van der Waals surface area (Å²) < 4.78 is 23.7. The number of amides is 3. The maximum absolute atomic E-state index is 12.4. The lowest BCUT2D eigenvalue weighted by Crippen LogP contribution is -2.50. The van der Waals surface area contributed by atoms with E-state index in [9.17, 15) is 22.8 Å². The molecule has 145 valence electrons. The molecule has 3 N–H and O–H groups in total. The molecule has 0 spiro atoms. The number of nitrogens with two attached hydrogens (primary N) is 1. The minimum Gasteiger partial charge on any atom is -0.369 e. The number of sulfone groups is 1. The van der Waals surface area contributed by atoms with Crippen LogP contribution in [0.25, 0.3) is 0 Å². The molecule has 0 aliphatic carbocycles. The highest BCUT2D eigenvalue weighted by atomic mass is 32.2. The highest BCUT2D eigenvalue weighted by molar-refractivity contribution is 7.92. The Kier molecular flexibility index (Phi) is 5.50. The SMILES string of the molecule is NC(=O)C1[CH]C(NC(=O)c2ccc(N3CCCCC3=O)cc2)CCS1(=O)=O. The van der Waals surface area contributed by atoms with Crippen molar-refractivity contribution in [2.24, 2.45) is 5.73 Å². The molecule has 0 saturated carbocycles. The van der Waals surface area contributed by atoms with E-state index in [2.05, 4.69) is 5.32 Å². The van der Waals surface area contributed by atoms with Gasteiger partial charge in [0, 0.05) is 36.7 Å². The third-order valence-corrected chi connectivity index (χ3v) is 6.84. The number of nitrogens with one attached hydrogen (secondary N) is 1. The monoisotopic (exact) mass is 392 g/mol. The Morgan fingerprint density at radius 3 is 2.48 bits per heavy atom. The molecule has 2 aliphatic heterocycles. The van der Waals surface area contributed by atoms with Crippen molar-refractivity contribution in [2.45, 2.75) is 37.0 Å². The maximum atomic E-state index is 12.4. The number of anilines is 1. The van der Waals surface area contributed by atoms with E-state index >= 15 is 0 Å². The summed E-state index contributed by atoms with van der Waals surface area (Å²) in [4.78, 5) is 37.5. The van der Waals surface area contributed by atoms with Gasteiger partial charge in [-0.2, -0.15) is 0 Å². The quantitative estimate of drug-likeness (QED) is 0.756. The van der Waals surface area contributed by atoms with Crippen molar-refractivity contribution >= 4 is 33.2 Å². The smallest absolute Gasteiger partial charge is 0.251 e. The topological polar surface area (TPSA) is 127 Å². The van der Waals surface area contributed by atoms with Gasteiger partial charge in [-0.05, 0) is 43.5 Å². The molecule has 9 heteroatoms. The van der Waals surface area contributed by atoms with Gasteiger partial charge in [0.15, 0.2) is 9.84 Å². The second-order valence-electron chi connectivity index (χ2n) is 6.80. The van der Waals surface area contributed by atoms with E-state index in [0.717, 1.165) is 18.5 Å². The zero-order chi connectivity index (χ0) is 19.6. The van der Waals surface area contributed by atoms with Crippen LogP contribution in [-0.2, 0) is 19.4 Å². The Morgan fingerprint density at radius 1 is 1.15 bits per heavy atom. The summed E-state index contributed by atoms with van der Waals surface area (Å²) in [5, 5.41) is 1.33. The number of piperidine rings is 1. The Morgan fingerprint density at radius 2 is 1.85 bits per heavy atom. The number of nitrogens with zero attached hydrogens (tertiary/aromatic N) is 1. The third kappa shape index (κ3) is 4.29. The van der Waals surface area contributed by atoms with E-state index in [-0.39, 0.29) is 24.0 Å². The summed E-state index contributed by atoms with van der Waals surface area (Å²) in [5.74, 6) is -1.45. The molecule has 2 atom stereocenters. The van der Waals surface area contributed by atoms with Crippen molar-refractivity contribution in [2.75, 3.05) is 17.2 Å². The second-order valence-corrected chi connectivity index (χ2v) is 9.04. The molecule has 2 heterocycles. The van der Waals surface area contributed by atoms with Gasteiger partial charge in [-0.15, -0.1) is 0 Å². The van der Waals surface area contributed by atoms with Crippen LogP contribution in [0.4, 0.5) is 5.69 Å². The van der Waals surface area contributed by atoms with Crippen LogP contribution in [0.5, 0.6) is 0 Å².